The van der Waals surface area contributed by atoms with E-state index in [-0.39, 0.29) is 19.4 Å². The van der Waals surface area contributed by atoms with Crippen LogP contribution in [-0.2, 0) is 32.7 Å². The number of carbonyl (C=O) groups excluding carboxylic acids is 2. The number of esters is 2. The number of hydrogen-bond donors (Lipinski definition) is 4. The van der Waals surface area contributed by atoms with Crippen LogP contribution in [0.15, 0.2) is 48.6 Å². The van der Waals surface area contributed by atoms with Gasteiger partial charge in [0.2, 0.25) is 0 Å². The number of phosphoric acid groups is 1. The first-order valence-corrected chi connectivity index (χ1v) is 22.6. The Balaban J connectivity index is 4.47. The summed E-state index contributed by atoms with van der Waals surface area (Å²) in [5.74, 6) is -0.185. The molecule has 0 fully saturated rings. The molecule has 0 radical (unpaired) electrons. The van der Waals surface area contributed by atoms with E-state index < -0.39 is 57.9 Å². The summed E-state index contributed by atoms with van der Waals surface area (Å²) in [5, 5.41) is 28.2. The van der Waals surface area contributed by atoms with Gasteiger partial charge < -0.3 is 29.7 Å². The number of rotatable bonds is 38. The van der Waals surface area contributed by atoms with Gasteiger partial charge in [0.05, 0.1) is 25.9 Å². The maximum Gasteiger partial charge on any atom is 0.472 e. The van der Waals surface area contributed by atoms with Crippen LogP contribution in [-0.4, -0.2) is 76.9 Å². The predicted molar refractivity (Wildman–Crippen MR) is 220 cm³/mol. The van der Waals surface area contributed by atoms with Crippen LogP contribution in [0.1, 0.15) is 162 Å². The fourth-order valence-corrected chi connectivity index (χ4v) is 6.21. The molecule has 0 spiro atoms. The monoisotopic (exact) mass is 801 g/mol. The molecule has 0 aromatic rings. The third-order valence-corrected chi connectivity index (χ3v) is 10.1. The molecule has 2 unspecified atom stereocenters. The fourth-order valence-electron chi connectivity index (χ4n) is 5.42. The number of ether oxygens (including phenoxy) is 2. The summed E-state index contributed by atoms with van der Waals surface area (Å²) in [6.07, 6.45) is 34.1. The topological polar surface area (TPSA) is 169 Å². The molecule has 0 aromatic carbocycles. The first-order valence-electron chi connectivity index (χ1n) is 21.1. The zero-order valence-corrected chi connectivity index (χ0v) is 35.3. The highest BCUT2D eigenvalue weighted by atomic mass is 31.2. The van der Waals surface area contributed by atoms with Crippen molar-refractivity contribution in [2.75, 3.05) is 26.4 Å². The minimum absolute atomic E-state index is 0.0878. The van der Waals surface area contributed by atoms with Gasteiger partial charge in [0.25, 0.3) is 0 Å². The van der Waals surface area contributed by atoms with Gasteiger partial charge in [-0.25, -0.2) is 4.57 Å². The van der Waals surface area contributed by atoms with E-state index in [1.54, 1.807) is 0 Å². The van der Waals surface area contributed by atoms with Crippen LogP contribution in [0.2, 0.25) is 0 Å². The molecule has 0 heterocycles. The van der Waals surface area contributed by atoms with Gasteiger partial charge in [-0.1, -0.05) is 159 Å². The van der Waals surface area contributed by atoms with Crippen molar-refractivity contribution in [2.24, 2.45) is 5.92 Å². The van der Waals surface area contributed by atoms with Gasteiger partial charge in [0, 0.05) is 12.8 Å². The van der Waals surface area contributed by atoms with Crippen LogP contribution in [0.4, 0.5) is 0 Å². The van der Waals surface area contributed by atoms with E-state index in [1.165, 1.54) is 51.4 Å². The van der Waals surface area contributed by atoms with Crippen LogP contribution in [0.5, 0.6) is 0 Å². The van der Waals surface area contributed by atoms with Crippen LogP contribution in [0.25, 0.3) is 0 Å². The number of carbonyl (C=O) groups is 2. The van der Waals surface area contributed by atoms with Crippen molar-refractivity contribution < 1.29 is 52.9 Å². The molecule has 0 aliphatic heterocycles. The third kappa shape index (κ3) is 37.2. The largest absolute Gasteiger partial charge is 0.472 e. The molecule has 320 valence electrons. The van der Waals surface area contributed by atoms with Crippen LogP contribution < -0.4 is 0 Å². The first-order chi connectivity index (χ1) is 26.5. The van der Waals surface area contributed by atoms with Crippen LogP contribution in [0.3, 0.4) is 0 Å². The lowest BCUT2D eigenvalue weighted by Crippen LogP contribution is -2.29. The summed E-state index contributed by atoms with van der Waals surface area (Å²) < 4.78 is 32.6. The Bertz CT molecular complexity index is 1090. The van der Waals surface area contributed by atoms with Crippen molar-refractivity contribution in [3.05, 3.63) is 48.6 Å². The van der Waals surface area contributed by atoms with Crippen molar-refractivity contribution in [3.63, 3.8) is 0 Å². The Morgan fingerprint density at radius 3 is 1.91 bits per heavy atom. The highest BCUT2D eigenvalue weighted by Gasteiger charge is 2.27. The second kappa shape index (κ2) is 37.5. The Hall–Kier alpha value is -2.11. The molecule has 0 bridgehead atoms. The van der Waals surface area contributed by atoms with Gasteiger partial charge in [0.1, 0.15) is 12.7 Å². The summed E-state index contributed by atoms with van der Waals surface area (Å²) in [7, 11) is -4.64. The fraction of sp³-hybridized carbons (Fsp3) is 0.767. The molecule has 0 aliphatic carbocycles. The van der Waals surface area contributed by atoms with E-state index in [1.807, 2.05) is 36.5 Å². The van der Waals surface area contributed by atoms with Crippen LogP contribution in [0, 0.1) is 5.92 Å². The molecule has 0 aromatic heterocycles. The normalized spacial score (nSPS) is 15.5. The summed E-state index contributed by atoms with van der Waals surface area (Å²) >= 11 is 0. The molecule has 12 heteroatoms. The predicted octanol–water partition coefficient (Wildman–Crippen LogP) is 9.77. The average molecular weight is 801 g/mol. The molecule has 5 atom stereocenters. The summed E-state index contributed by atoms with van der Waals surface area (Å²) in [6.45, 7) is 4.50. The third-order valence-electron chi connectivity index (χ3n) is 9.13. The van der Waals surface area contributed by atoms with E-state index >= 15 is 0 Å². The smallest absolute Gasteiger partial charge is 0.462 e. The highest BCUT2D eigenvalue weighted by molar-refractivity contribution is 7.47. The Labute approximate surface area is 333 Å². The Morgan fingerprint density at radius 1 is 0.673 bits per heavy atom. The summed E-state index contributed by atoms with van der Waals surface area (Å²) in [5.41, 5.74) is 0. The molecule has 0 aliphatic rings. The van der Waals surface area contributed by atoms with Gasteiger partial charge >= 0.3 is 19.8 Å². The lowest BCUT2D eigenvalue weighted by molar-refractivity contribution is -0.161. The van der Waals surface area contributed by atoms with E-state index in [0.717, 1.165) is 63.7 Å². The quantitative estimate of drug-likeness (QED) is 0.0154. The molecule has 0 saturated carbocycles. The molecular weight excluding hydrogens is 723 g/mol. The lowest BCUT2D eigenvalue weighted by Gasteiger charge is -2.20. The summed E-state index contributed by atoms with van der Waals surface area (Å²) in [4.78, 5) is 34.9. The maximum absolute atomic E-state index is 12.6. The maximum atomic E-state index is 12.6. The number of aliphatic hydroxyl groups excluding tert-OH is 3. The number of aliphatic hydroxyl groups is 3. The van der Waals surface area contributed by atoms with Crippen LogP contribution >= 0.6 is 7.82 Å². The van der Waals surface area contributed by atoms with E-state index in [4.69, 9.17) is 19.1 Å². The second-order valence-electron chi connectivity index (χ2n) is 14.5. The number of hydrogen-bond acceptors (Lipinski definition) is 10. The van der Waals surface area contributed by atoms with E-state index in [0.29, 0.717) is 19.3 Å². The van der Waals surface area contributed by atoms with Crippen molar-refractivity contribution >= 4 is 19.8 Å². The van der Waals surface area contributed by atoms with Gasteiger partial charge in [-0.15, -0.1) is 0 Å². The average Bonchev–Trinajstić information content (AvgIpc) is 3.17. The molecular formula is C43H77O11P. The van der Waals surface area contributed by atoms with Gasteiger partial charge in [-0.05, 0) is 44.4 Å². The minimum Gasteiger partial charge on any atom is -0.462 e. The highest BCUT2D eigenvalue weighted by Crippen LogP contribution is 2.43. The zero-order chi connectivity index (χ0) is 40.8. The molecule has 0 rings (SSSR count). The second-order valence-corrected chi connectivity index (χ2v) is 15.9. The Morgan fingerprint density at radius 2 is 1.25 bits per heavy atom. The molecule has 0 saturated heterocycles. The molecule has 4 N–H and O–H groups in total. The number of allylic oxidation sites excluding steroid dienone is 7. The molecule has 55 heavy (non-hydrogen) atoms. The van der Waals surface area contributed by atoms with Crippen molar-refractivity contribution in [1.29, 1.82) is 0 Å². The standard InChI is InChI=1S/C43H77O11P/c1-4-6-24-30-39(45)31-26-21-17-13-8-7-9-15-19-23-28-33-43(48)54-41(37-53-55(49,50)52-35-40(46)34-44)36-51-42(47)32-27-22-18-14-11-10-12-16-20-25-29-38(3)5-2/h7-8,15,17,19,21,26,31,38-41,44-46H,4-6,9-14,16,18,20,22-25,27-30,32-37H2,1-3H3,(H,49,50)/b8-7-,19-15-,21-17-,31-26+/t38?,39-,40-,41+/m0/s1. The molecule has 11 nitrogen and oxygen atoms in total. The van der Waals surface area contributed by atoms with E-state index in [2.05, 4.69) is 37.4 Å². The number of phosphoric ester groups is 1. The van der Waals surface area contributed by atoms with Gasteiger partial charge in [0.15, 0.2) is 6.10 Å². The van der Waals surface area contributed by atoms with Crippen molar-refractivity contribution in [2.45, 2.75) is 180 Å². The lowest BCUT2D eigenvalue weighted by atomic mass is 9.99. The SMILES string of the molecule is CCCCC[C@H](O)/C=C/C=C\C/C=C\C/C=C\CCCC(=O)O[C@H](COC(=O)CCCCCCCCCCCCC(C)CC)COP(=O)(O)OC[C@@H](O)CO. The zero-order valence-electron chi connectivity index (χ0n) is 34.4. The van der Waals surface area contributed by atoms with E-state index in [9.17, 15) is 29.3 Å². The Kier molecular flexibility index (Phi) is 36.0. The first kappa shape index (κ1) is 52.9. The molecule has 0 amide bonds. The van der Waals surface area contributed by atoms with Gasteiger partial charge in [-0.3, -0.25) is 18.6 Å². The summed E-state index contributed by atoms with van der Waals surface area (Å²) in [6, 6.07) is 0. The van der Waals surface area contributed by atoms with Crippen molar-refractivity contribution in [3.8, 4) is 0 Å². The van der Waals surface area contributed by atoms with Gasteiger partial charge in [-0.2, -0.15) is 0 Å². The van der Waals surface area contributed by atoms with Crippen molar-refractivity contribution in [1.82, 2.24) is 0 Å². The number of unbranched alkanes of at least 4 members (excludes halogenated alkanes) is 12. The minimum atomic E-state index is -4.64.